The highest BCUT2D eigenvalue weighted by Crippen LogP contribution is 2.60. The predicted octanol–water partition coefficient (Wildman–Crippen LogP) is 37.9. The standard InChI is InChI=1S/C73H48N2S.C63H44N2S/c1-5-20-49(21-6-1)51-36-40-56(41-37-51)74(59-44-45-61-60-30-13-16-33-66(60)73(67(61)47-59,54-25-9-3-10-26-54)55-27-11-4-12-28-55)58-29-19-24-53(46-58)64-48-65-62-31-14-17-34-68(62)75(57-42-38-52(39-43-57)50-22-7-2-8-23-50)71(65)70-63-32-15-18-35-69(63)76-72(64)70;1-63(2)56-25-12-9-22-50(56)51-37-36-49(39-57(51)63)64(46-32-28-43(29-33-46)41-16-5-3-6-17-41)48-21-15-20-45(38-48)54-40-55-52-23-10-13-26-58(52)65(47-34-30-44(31-35-47)42-18-7-4-8-19-42)61(55)60-53-24-11-14-27-59(53)66-62(54)60/h1-48H;3-40H,1-2H3. The Labute approximate surface area is 833 Å². The average Bonchev–Trinajstić information content (AvgIpc) is 1.89. The summed E-state index contributed by atoms with van der Waals surface area (Å²) < 4.78 is 10.1. The Hall–Kier alpha value is -17.5. The van der Waals surface area contributed by atoms with Crippen LogP contribution in [0.2, 0.25) is 0 Å². The molecule has 0 N–H and O–H groups in total. The van der Waals surface area contributed by atoms with Gasteiger partial charge in [0.1, 0.15) is 0 Å². The number of aromatic nitrogens is 2. The van der Waals surface area contributed by atoms with Gasteiger partial charge in [-0.1, -0.05) is 402 Å². The average molecular weight is 1850 g/mol. The van der Waals surface area contributed by atoms with E-state index in [9.17, 15) is 0 Å². The maximum absolute atomic E-state index is 2.50. The molecule has 0 radical (unpaired) electrons. The van der Waals surface area contributed by atoms with E-state index in [0.717, 1.165) is 45.5 Å². The molecule has 0 unspecified atom stereocenters. The highest BCUT2D eigenvalue weighted by Gasteiger charge is 2.47. The molecule has 0 saturated heterocycles. The SMILES string of the molecule is CC1(C)c2ccccc2-c2ccc(N(c3ccc(-c4ccccc4)cc3)c3cccc(-c4cc5c6ccccc6n(-c6ccc(-c7ccccc7)cc6)c5c5c4sc4ccccc45)c3)cc21.c1ccc(-c2ccc(N(c3cccc(-c4cc5c6ccccc6n(-c6ccc(-c7ccccc7)cc6)c5c5c4sc4ccccc45)c3)c3ccc4c(c3)C(c3ccccc3)(c3ccccc3)c3ccccc3-4)cc2)cc1. The molecule has 0 amide bonds. The van der Waals surface area contributed by atoms with Crippen LogP contribution < -0.4 is 9.80 Å². The van der Waals surface area contributed by atoms with Gasteiger partial charge in [0.05, 0.1) is 27.5 Å². The maximum atomic E-state index is 2.50. The number of fused-ring (bicyclic) bond motifs is 20. The molecule has 0 bridgehead atoms. The smallest absolute Gasteiger partial charge is 0.0714 e. The number of nitrogens with zero attached hydrogens (tertiary/aromatic N) is 4. The van der Waals surface area contributed by atoms with E-state index in [4.69, 9.17) is 0 Å². The zero-order valence-corrected chi connectivity index (χ0v) is 79.9. The zero-order chi connectivity index (χ0) is 94.1. The van der Waals surface area contributed by atoms with Crippen molar-refractivity contribution in [1.29, 1.82) is 0 Å². The molecular weight excluding hydrogens is 1750 g/mol. The first-order valence-electron chi connectivity index (χ1n) is 49.0. The van der Waals surface area contributed by atoms with Crippen molar-refractivity contribution in [3.8, 4) is 100 Å². The number of hydrogen-bond donors (Lipinski definition) is 0. The van der Waals surface area contributed by atoms with Crippen LogP contribution in [0.25, 0.3) is 184 Å². The predicted molar refractivity (Wildman–Crippen MR) is 604 cm³/mol. The normalized spacial score (nSPS) is 12.7. The molecular formula is C136H92N4S2. The lowest BCUT2D eigenvalue weighted by Crippen LogP contribution is -2.28. The lowest BCUT2D eigenvalue weighted by atomic mass is 9.67. The summed E-state index contributed by atoms with van der Waals surface area (Å²) in [6, 6.07) is 193. The Morgan fingerprint density at radius 3 is 0.923 bits per heavy atom. The van der Waals surface area contributed by atoms with E-state index in [-0.39, 0.29) is 5.41 Å². The molecule has 4 nitrogen and oxygen atoms in total. The van der Waals surface area contributed by atoms with Gasteiger partial charge in [-0.3, -0.25) is 0 Å². The first kappa shape index (κ1) is 83.8. The molecule has 0 spiro atoms. The first-order chi connectivity index (χ1) is 70.2. The van der Waals surface area contributed by atoms with Crippen LogP contribution in [0.3, 0.4) is 0 Å². The van der Waals surface area contributed by atoms with Gasteiger partial charge >= 0.3 is 0 Å². The van der Waals surface area contributed by atoms with Gasteiger partial charge in [0.2, 0.25) is 0 Å². The second-order valence-corrected chi connectivity index (χ2v) is 40.1. The number of hydrogen-bond acceptors (Lipinski definition) is 4. The molecule has 0 atom stereocenters. The van der Waals surface area contributed by atoms with Crippen molar-refractivity contribution in [2.75, 3.05) is 9.80 Å². The highest BCUT2D eigenvalue weighted by atomic mass is 32.1. The molecule has 0 fully saturated rings. The van der Waals surface area contributed by atoms with Crippen molar-refractivity contribution >= 4 is 141 Å². The second kappa shape index (κ2) is 34.3. The van der Waals surface area contributed by atoms with Crippen LogP contribution in [-0.4, -0.2) is 9.13 Å². The van der Waals surface area contributed by atoms with Gasteiger partial charge in [-0.15, -0.1) is 22.7 Å². The molecule has 2 aliphatic carbocycles. The van der Waals surface area contributed by atoms with Crippen molar-refractivity contribution in [2.24, 2.45) is 0 Å². The molecule has 4 aromatic heterocycles. The van der Waals surface area contributed by atoms with Crippen molar-refractivity contribution < 1.29 is 0 Å². The number of rotatable bonds is 16. The molecule has 668 valence electrons. The van der Waals surface area contributed by atoms with E-state index in [2.05, 4.69) is 554 Å². The fourth-order valence-corrected chi connectivity index (χ4v) is 25.8. The largest absolute Gasteiger partial charge is 0.310 e. The number of benzene rings is 22. The lowest BCUT2D eigenvalue weighted by Gasteiger charge is -2.35. The Kier molecular flexibility index (Phi) is 20.2. The van der Waals surface area contributed by atoms with Crippen molar-refractivity contribution in [1.82, 2.24) is 9.13 Å². The summed E-state index contributed by atoms with van der Waals surface area (Å²) in [5, 5.41) is 10.1. The van der Waals surface area contributed by atoms with E-state index >= 15 is 0 Å². The minimum atomic E-state index is -0.541. The second-order valence-electron chi connectivity index (χ2n) is 38.0. The first-order valence-corrected chi connectivity index (χ1v) is 50.6. The zero-order valence-electron chi connectivity index (χ0n) is 78.3. The van der Waals surface area contributed by atoms with Crippen LogP contribution in [0.1, 0.15) is 47.2 Å². The summed E-state index contributed by atoms with van der Waals surface area (Å²) in [7, 11) is 0. The Balaban J connectivity index is 0.000000143. The molecule has 0 saturated carbocycles. The third-order valence-electron chi connectivity index (χ3n) is 29.8. The fourth-order valence-electron chi connectivity index (χ4n) is 23.3. The summed E-state index contributed by atoms with van der Waals surface area (Å²) in [5.74, 6) is 0. The van der Waals surface area contributed by atoms with Gasteiger partial charge in [-0.25, -0.2) is 0 Å². The van der Waals surface area contributed by atoms with E-state index < -0.39 is 5.41 Å². The van der Waals surface area contributed by atoms with Crippen molar-refractivity contribution in [3.63, 3.8) is 0 Å². The van der Waals surface area contributed by atoms with E-state index in [0.29, 0.717) is 0 Å². The third-order valence-corrected chi connectivity index (χ3v) is 32.3. The van der Waals surface area contributed by atoms with Crippen LogP contribution in [-0.2, 0) is 10.8 Å². The highest BCUT2D eigenvalue weighted by molar-refractivity contribution is 7.27. The van der Waals surface area contributed by atoms with Gasteiger partial charge < -0.3 is 18.9 Å². The van der Waals surface area contributed by atoms with Crippen LogP contribution >= 0.6 is 22.7 Å². The minimum Gasteiger partial charge on any atom is -0.310 e. The minimum absolute atomic E-state index is 0.127. The van der Waals surface area contributed by atoms with E-state index in [1.807, 2.05) is 22.7 Å². The summed E-state index contributed by atoms with van der Waals surface area (Å²) >= 11 is 3.79. The van der Waals surface area contributed by atoms with Crippen LogP contribution in [0, 0.1) is 0 Å². The van der Waals surface area contributed by atoms with Gasteiger partial charge in [0.25, 0.3) is 0 Å². The summed E-state index contributed by atoms with van der Waals surface area (Å²) in [5.41, 5.74) is 40.6. The molecule has 6 heteroatoms. The number of thiophene rings is 2. The molecule has 2 aliphatic rings. The van der Waals surface area contributed by atoms with E-state index in [1.54, 1.807) is 0 Å². The fraction of sp³-hybridized carbons (Fsp3) is 0.0294. The molecule has 142 heavy (non-hydrogen) atoms. The molecule has 22 aromatic carbocycles. The third kappa shape index (κ3) is 13.8. The monoisotopic (exact) mass is 1840 g/mol. The maximum Gasteiger partial charge on any atom is 0.0714 e. The Bertz CT molecular complexity index is 9350. The number of para-hydroxylation sites is 2. The molecule has 28 rings (SSSR count). The Morgan fingerprint density at radius 2 is 0.500 bits per heavy atom. The lowest BCUT2D eigenvalue weighted by molar-refractivity contribution is 0.660. The van der Waals surface area contributed by atoms with Gasteiger partial charge in [-0.05, 0) is 245 Å². The number of anilines is 6. The van der Waals surface area contributed by atoms with E-state index in [1.165, 1.54) is 206 Å². The topological polar surface area (TPSA) is 16.3 Å². The molecule has 0 aliphatic heterocycles. The van der Waals surface area contributed by atoms with Gasteiger partial charge in [-0.2, -0.15) is 0 Å². The van der Waals surface area contributed by atoms with Gasteiger partial charge in [0, 0.05) is 124 Å². The summed E-state index contributed by atoms with van der Waals surface area (Å²) in [6.07, 6.45) is 0. The molecule has 4 heterocycles. The quantitative estimate of drug-likeness (QED) is 0.0959. The summed E-state index contributed by atoms with van der Waals surface area (Å²) in [4.78, 5) is 4.91. The summed E-state index contributed by atoms with van der Waals surface area (Å²) in [6.45, 7) is 4.73. The van der Waals surface area contributed by atoms with Crippen molar-refractivity contribution in [2.45, 2.75) is 24.7 Å². The van der Waals surface area contributed by atoms with Crippen molar-refractivity contribution in [3.05, 3.63) is 555 Å². The van der Waals surface area contributed by atoms with Gasteiger partial charge in [0.15, 0.2) is 0 Å². The Morgan fingerprint density at radius 1 is 0.197 bits per heavy atom. The van der Waals surface area contributed by atoms with Crippen LogP contribution in [0.5, 0.6) is 0 Å². The molecule has 26 aromatic rings. The van der Waals surface area contributed by atoms with Crippen LogP contribution in [0.4, 0.5) is 34.1 Å². The van der Waals surface area contributed by atoms with Crippen LogP contribution in [0.15, 0.2) is 522 Å².